The molecule has 2 unspecified atom stereocenters. The van der Waals surface area contributed by atoms with Crippen LogP contribution in [0.15, 0.2) is 0 Å². The molecule has 0 saturated carbocycles. The molecule has 0 bridgehead atoms. The molecular formula is C12H24N2O2. The summed E-state index contributed by atoms with van der Waals surface area (Å²) in [6.07, 6.45) is 3.87. The second kappa shape index (κ2) is 6.86. The number of likely N-dealkylation sites (tertiary alicyclic amines) is 1. The number of ether oxygens (including phenoxy) is 1. The Bertz CT molecular complexity index is 221. The van der Waals surface area contributed by atoms with E-state index in [1.807, 2.05) is 0 Å². The van der Waals surface area contributed by atoms with Crippen molar-refractivity contribution in [2.45, 2.75) is 38.6 Å². The lowest BCUT2D eigenvalue weighted by Gasteiger charge is -2.37. The molecule has 94 valence electrons. The van der Waals surface area contributed by atoms with E-state index in [4.69, 9.17) is 5.73 Å². The van der Waals surface area contributed by atoms with E-state index in [0.29, 0.717) is 18.4 Å². The summed E-state index contributed by atoms with van der Waals surface area (Å²) >= 11 is 0. The third kappa shape index (κ3) is 4.10. The summed E-state index contributed by atoms with van der Waals surface area (Å²) in [5.41, 5.74) is 5.71. The number of carbonyl (C=O) groups is 1. The molecule has 4 nitrogen and oxygen atoms in total. The molecule has 0 spiro atoms. The van der Waals surface area contributed by atoms with Crippen molar-refractivity contribution in [1.82, 2.24) is 4.90 Å². The molecular weight excluding hydrogens is 204 g/mol. The van der Waals surface area contributed by atoms with Crippen molar-refractivity contribution in [1.29, 1.82) is 0 Å². The van der Waals surface area contributed by atoms with Crippen LogP contribution in [0.3, 0.4) is 0 Å². The van der Waals surface area contributed by atoms with Crippen LogP contribution in [0.2, 0.25) is 0 Å². The third-order valence-corrected chi connectivity index (χ3v) is 3.50. The Balaban J connectivity index is 2.25. The normalized spacial score (nSPS) is 26.7. The second-order valence-corrected chi connectivity index (χ2v) is 4.70. The fraction of sp³-hybridized carbons (Fsp3) is 0.917. The number of hydrogen-bond acceptors (Lipinski definition) is 4. The highest BCUT2D eigenvalue weighted by Crippen LogP contribution is 2.21. The van der Waals surface area contributed by atoms with Gasteiger partial charge in [0.15, 0.2) is 0 Å². The molecule has 1 aliphatic heterocycles. The summed E-state index contributed by atoms with van der Waals surface area (Å²) in [6.45, 7) is 5.09. The van der Waals surface area contributed by atoms with Gasteiger partial charge in [-0.2, -0.15) is 0 Å². The quantitative estimate of drug-likeness (QED) is 0.713. The van der Waals surface area contributed by atoms with Crippen LogP contribution in [0.4, 0.5) is 0 Å². The molecule has 0 aromatic heterocycles. The molecule has 2 N–H and O–H groups in total. The van der Waals surface area contributed by atoms with E-state index in [1.165, 1.54) is 20.0 Å². The van der Waals surface area contributed by atoms with Crippen molar-refractivity contribution < 1.29 is 9.53 Å². The average molecular weight is 228 g/mol. The van der Waals surface area contributed by atoms with Crippen LogP contribution in [-0.2, 0) is 9.53 Å². The summed E-state index contributed by atoms with van der Waals surface area (Å²) < 4.78 is 4.63. The van der Waals surface area contributed by atoms with Gasteiger partial charge < -0.3 is 15.4 Å². The Labute approximate surface area is 98.1 Å². The van der Waals surface area contributed by atoms with E-state index in [1.54, 1.807) is 0 Å². The fourth-order valence-corrected chi connectivity index (χ4v) is 2.29. The molecule has 1 heterocycles. The fourth-order valence-electron chi connectivity index (χ4n) is 2.29. The van der Waals surface area contributed by atoms with Crippen molar-refractivity contribution in [3.8, 4) is 0 Å². The Hall–Kier alpha value is -0.610. The highest BCUT2D eigenvalue weighted by atomic mass is 16.5. The van der Waals surface area contributed by atoms with Crippen LogP contribution >= 0.6 is 0 Å². The van der Waals surface area contributed by atoms with Gasteiger partial charge in [-0.05, 0) is 45.2 Å². The van der Waals surface area contributed by atoms with Crippen molar-refractivity contribution in [3.63, 3.8) is 0 Å². The molecule has 0 aromatic carbocycles. The van der Waals surface area contributed by atoms with Gasteiger partial charge in [-0.25, -0.2) is 0 Å². The van der Waals surface area contributed by atoms with E-state index >= 15 is 0 Å². The first-order valence-electron chi connectivity index (χ1n) is 6.18. The van der Waals surface area contributed by atoms with Crippen molar-refractivity contribution >= 4 is 5.97 Å². The molecule has 0 aliphatic carbocycles. The van der Waals surface area contributed by atoms with Crippen LogP contribution < -0.4 is 5.73 Å². The predicted molar refractivity (Wildman–Crippen MR) is 64.1 cm³/mol. The summed E-state index contributed by atoms with van der Waals surface area (Å²) in [5.74, 6) is 0.523. The summed E-state index contributed by atoms with van der Waals surface area (Å²) in [7, 11) is 1.44. The zero-order valence-electron chi connectivity index (χ0n) is 10.4. The molecule has 1 aliphatic rings. The smallest absolute Gasteiger partial charge is 0.305 e. The Kier molecular flexibility index (Phi) is 5.77. The molecule has 1 fully saturated rings. The van der Waals surface area contributed by atoms with Crippen LogP contribution in [0.25, 0.3) is 0 Å². The van der Waals surface area contributed by atoms with Gasteiger partial charge in [0.1, 0.15) is 0 Å². The summed E-state index contributed by atoms with van der Waals surface area (Å²) in [4.78, 5) is 13.4. The first kappa shape index (κ1) is 13.5. The minimum Gasteiger partial charge on any atom is -0.469 e. The average Bonchev–Trinajstić information content (AvgIpc) is 2.31. The van der Waals surface area contributed by atoms with Crippen LogP contribution in [-0.4, -0.2) is 43.7 Å². The Morgan fingerprint density at radius 3 is 2.88 bits per heavy atom. The maximum absolute atomic E-state index is 11.0. The molecule has 2 atom stereocenters. The molecule has 1 rings (SSSR count). The molecule has 16 heavy (non-hydrogen) atoms. The minimum absolute atomic E-state index is 0.111. The number of piperidine rings is 1. The van der Waals surface area contributed by atoms with Gasteiger partial charge in [0.05, 0.1) is 7.11 Å². The van der Waals surface area contributed by atoms with Gasteiger partial charge in [-0.3, -0.25) is 4.79 Å². The molecule has 0 radical (unpaired) electrons. The first-order chi connectivity index (χ1) is 7.67. The Morgan fingerprint density at radius 1 is 1.50 bits per heavy atom. The summed E-state index contributed by atoms with van der Waals surface area (Å²) in [6, 6.07) is 0.625. The number of rotatable bonds is 5. The SMILES string of the molecule is COC(=O)CCCN1CC(CN)CCC1C. The maximum Gasteiger partial charge on any atom is 0.305 e. The van der Waals surface area contributed by atoms with Crippen LogP contribution in [0, 0.1) is 5.92 Å². The largest absolute Gasteiger partial charge is 0.469 e. The van der Waals surface area contributed by atoms with Gasteiger partial charge in [-0.1, -0.05) is 0 Å². The molecule has 0 aromatic rings. The van der Waals surface area contributed by atoms with Gasteiger partial charge in [0, 0.05) is 19.0 Å². The molecule has 0 amide bonds. The number of methoxy groups -OCH3 is 1. The molecule has 4 heteroatoms. The number of carbonyl (C=O) groups excluding carboxylic acids is 1. The highest BCUT2D eigenvalue weighted by Gasteiger charge is 2.24. The van der Waals surface area contributed by atoms with Gasteiger partial charge in [0.2, 0.25) is 0 Å². The highest BCUT2D eigenvalue weighted by molar-refractivity contribution is 5.69. The topological polar surface area (TPSA) is 55.6 Å². The third-order valence-electron chi connectivity index (χ3n) is 3.50. The number of nitrogens with two attached hydrogens (primary N) is 1. The van der Waals surface area contributed by atoms with Gasteiger partial charge >= 0.3 is 5.97 Å². The van der Waals surface area contributed by atoms with Gasteiger partial charge in [-0.15, -0.1) is 0 Å². The minimum atomic E-state index is -0.111. The van der Waals surface area contributed by atoms with E-state index in [2.05, 4.69) is 16.6 Å². The van der Waals surface area contributed by atoms with E-state index in [0.717, 1.165) is 26.1 Å². The number of nitrogens with zero attached hydrogens (tertiary/aromatic N) is 1. The number of hydrogen-bond donors (Lipinski definition) is 1. The lowest BCUT2D eigenvalue weighted by molar-refractivity contribution is -0.140. The van der Waals surface area contributed by atoms with Crippen molar-refractivity contribution in [2.24, 2.45) is 11.7 Å². The first-order valence-corrected chi connectivity index (χ1v) is 6.18. The monoisotopic (exact) mass is 228 g/mol. The van der Waals surface area contributed by atoms with E-state index < -0.39 is 0 Å². The maximum atomic E-state index is 11.0. The zero-order valence-corrected chi connectivity index (χ0v) is 10.4. The zero-order chi connectivity index (χ0) is 12.0. The standard InChI is InChI=1S/C12H24N2O2/c1-10-5-6-11(8-13)9-14(10)7-3-4-12(15)16-2/h10-11H,3-9,13H2,1-2H3. The van der Waals surface area contributed by atoms with E-state index in [-0.39, 0.29) is 5.97 Å². The summed E-state index contributed by atoms with van der Waals surface area (Å²) in [5, 5.41) is 0. The lowest BCUT2D eigenvalue weighted by Crippen LogP contribution is -2.44. The second-order valence-electron chi connectivity index (χ2n) is 4.70. The van der Waals surface area contributed by atoms with Gasteiger partial charge in [0.25, 0.3) is 0 Å². The Morgan fingerprint density at radius 2 is 2.25 bits per heavy atom. The van der Waals surface area contributed by atoms with Crippen LogP contribution in [0.1, 0.15) is 32.6 Å². The molecule has 1 saturated heterocycles. The number of esters is 1. The van der Waals surface area contributed by atoms with Crippen molar-refractivity contribution in [2.75, 3.05) is 26.7 Å². The van der Waals surface area contributed by atoms with Crippen LogP contribution in [0.5, 0.6) is 0 Å². The van der Waals surface area contributed by atoms with Crippen molar-refractivity contribution in [3.05, 3.63) is 0 Å². The predicted octanol–water partition coefficient (Wildman–Crippen LogP) is 0.999. The van der Waals surface area contributed by atoms with E-state index in [9.17, 15) is 4.79 Å². The lowest BCUT2D eigenvalue weighted by atomic mass is 9.93.